The summed E-state index contributed by atoms with van der Waals surface area (Å²) in [7, 11) is 0. The van der Waals surface area contributed by atoms with Crippen LogP contribution in [0.1, 0.15) is 27.7 Å². The Morgan fingerprint density at radius 1 is 1.21 bits per heavy atom. The van der Waals surface area contributed by atoms with Gasteiger partial charge in [-0.1, -0.05) is 0 Å². The Hall–Kier alpha value is -0.220. The van der Waals surface area contributed by atoms with Crippen LogP contribution < -0.4 is 0 Å². The Kier molecular flexibility index (Phi) is 3.17. The average Bonchev–Trinajstić information content (AvgIpc) is 2.07. The Labute approximate surface area is 84.2 Å². The maximum Gasteiger partial charge on any atom is 0.283 e. The van der Waals surface area contributed by atoms with Gasteiger partial charge in [0.1, 0.15) is 6.61 Å². The van der Waals surface area contributed by atoms with Gasteiger partial charge in [-0.2, -0.15) is 0 Å². The maximum atomic E-state index is 13.3. The molecule has 1 heterocycles. The lowest BCUT2D eigenvalue weighted by Gasteiger charge is -2.39. The summed E-state index contributed by atoms with van der Waals surface area (Å²) in [5, 5.41) is 0. The Morgan fingerprint density at radius 2 is 1.79 bits per heavy atom. The van der Waals surface area contributed by atoms with Crippen LogP contribution in [0.2, 0.25) is 0 Å². The second-order valence-electron chi connectivity index (χ2n) is 4.88. The molecule has 14 heavy (non-hydrogen) atoms. The standard InChI is InChI=1S/C10H19F2NO/c1-8(2)13-5-10(11,12)7-14-6-9(13,3)4/h8H,5-7H2,1-4H3. The molecule has 0 aromatic carbocycles. The van der Waals surface area contributed by atoms with Crippen molar-refractivity contribution < 1.29 is 13.5 Å². The summed E-state index contributed by atoms with van der Waals surface area (Å²) in [5.41, 5.74) is -0.311. The first-order valence-electron chi connectivity index (χ1n) is 4.97. The predicted molar refractivity (Wildman–Crippen MR) is 51.7 cm³/mol. The topological polar surface area (TPSA) is 12.5 Å². The zero-order chi connectivity index (χ0) is 11.0. The molecule has 0 bridgehead atoms. The molecular formula is C10H19F2NO. The monoisotopic (exact) mass is 207 g/mol. The van der Waals surface area contributed by atoms with Crippen molar-refractivity contribution in [1.29, 1.82) is 0 Å². The van der Waals surface area contributed by atoms with Crippen LogP contribution in [0.4, 0.5) is 8.78 Å². The number of ether oxygens (including phenoxy) is 1. The maximum absolute atomic E-state index is 13.3. The van der Waals surface area contributed by atoms with Gasteiger partial charge in [0.05, 0.1) is 13.2 Å². The van der Waals surface area contributed by atoms with Crippen molar-refractivity contribution in [2.75, 3.05) is 19.8 Å². The van der Waals surface area contributed by atoms with Crippen molar-refractivity contribution >= 4 is 0 Å². The number of rotatable bonds is 1. The first kappa shape index (κ1) is 11.9. The second kappa shape index (κ2) is 3.74. The van der Waals surface area contributed by atoms with Gasteiger partial charge >= 0.3 is 0 Å². The summed E-state index contributed by atoms with van der Waals surface area (Å²) in [4.78, 5) is 1.81. The Balaban J connectivity index is 2.83. The summed E-state index contributed by atoms with van der Waals surface area (Å²) in [6, 6.07) is 0.109. The van der Waals surface area contributed by atoms with Crippen LogP contribution >= 0.6 is 0 Å². The van der Waals surface area contributed by atoms with Crippen LogP contribution in [0.25, 0.3) is 0 Å². The number of hydrogen-bond acceptors (Lipinski definition) is 2. The normalized spacial score (nSPS) is 27.6. The number of alkyl halides is 2. The molecule has 0 spiro atoms. The van der Waals surface area contributed by atoms with E-state index < -0.39 is 12.5 Å². The predicted octanol–water partition coefficient (Wildman–Crippen LogP) is 2.14. The SMILES string of the molecule is CC(C)N1CC(F)(F)COCC1(C)C. The third-order valence-electron chi connectivity index (χ3n) is 2.57. The fourth-order valence-electron chi connectivity index (χ4n) is 1.92. The minimum absolute atomic E-state index is 0.109. The highest BCUT2D eigenvalue weighted by atomic mass is 19.3. The van der Waals surface area contributed by atoms with E-state index in [0.717, 1.165) is 0 Å². The van der Waals surface area contributed by atoms with Crippen LogP contribution in [-0.4, -0.2) is 42.2 Å². The molecule has 0 atom stereocenters. The van der Waals surface area contributed by atoms with Crippen molar-refractivity contribution in [3.05, 3.63) is 0 Å². The lowest BCUT2D eigenvalue weighted by Crippen LogP contribution is -2.52. The van der Waals surface area contributed by atoms with E-state index in [4.69, 9.17) is 4.74 Å². The molecular weight excluding hydrogens is 188 g/mol. The van der Waals surface area contributed by atoms with Gasteiger partial charge < -0.3 is 4.74 Å². The summed E-state index contributed by atoms with van der Waals surface area (Å²) >= 11 is 0. The number of halogens is 2. The average molecular weight is 207 g/mol. The summed E-state index contributed by atoms with van der Waals surface area (Å²) in [5.74, 6) is -2.72. The van der Waals surface area contributed by atoms with E-state index in [9.17, 15) is 8.78 Å². The van der Waals surface area contributed by atoms with E-state index in [1.54, 1.807) is 4.90 Å². The smallest absolute Gasteiger partial charge is 0.283 e. The van der Waals surface area contributed by atoms with E-state index in [2.05, 4.69) is 0 Å². The largest absolute Gasteiger partial charge is 0.373 e. The van der Waals surface area contributed by atoms with E-state index >= 15 is 0 Å². The van der Waals surface area contributed by atoms with E-state index in [1.165, 1.54) is 0 Å². The first-order chi connectivity index (χ1) is 6.25. The summed E-state index contributed by atoms with van der Waals surface area (Å²) in [6.45, 7) is 7.44. The molecule has 1 rings (SSSR count). The molecule has 4 heteroatoms. The molecule has 0 saturated carbocycles. The Morgan fingerprint density at radius 3 is 2.29 bits per heavy atom. The molecule has 1 aliphatic heterocycles. The zero-order valence-electron chi connectivity index (χ0n) is 9.31. The van der Waals surface area contributed by atoms with E-state index in [-0.39, 0.29) is 18.1 Å². The molecule has 0 aromatic heterocycles. The van der Waals surface area contributed by atoms with E-state index in [1.807, 2.05) is 27.7 Å². The van der Waals surface area contributed by atoms with Gasteiger partial charge in [-0.25, -0.2) is 8.78 Å². The zero-order valence-corrected chi connectivity index (χ0v) is 9.31. The van der Waals surface area contributed by atoms with Gasteiger partial charge in [0.15, 0.2) is 0 Å². The van der Waals surface area contributed by atoms with Crippen molar-refractivity contribution in [1.82, 2.24) is 4.90 Å². The molecule has 1 fully saturated rings. The van der Waals surface area contributed by atoms with Crippen LogP contribution in [0.5, 0.6) is 0 Å². The Bertz CT molecular complexity index is 204. The van der Waals surface area contributed by atoms with Crippen LogP contribution in [-0.2, 0) is 4.74 Å². The summed E-state index contributed by atoms with van der Waals surface area (Å²) in [6.07, 6.45) is 0. The fourth-order valence-corrected chi connectivity index (χ4v) is 1.92. The summed E-state index contributed by atoms with van der Waals surface area (Å²) < 4.78 is 31.5. The fraction of sp³-hybridized carbons (Fsp3) is 1.00. The lowest BCUT2D eigenvalue weighted by atomic mass is 10.0. The highest BCUT2D eigenvalue weighted by Crippen LogP contribution is 2.28. The number of hydrogen-bond donors (Lipinski definition) is 0. The van der Waals surface area contributed by atoms with Gasteiger partial charge in [-0.3, -0.25) is 4.90 Å². The molecule has 0 N–H and O–H groups in total. The number of nitrogens with zero attached hydrogens (tertiary/aromatic N) is 1. The third kappa shape index (κ3) is 2.64. The van der Waals surface area contributed by atoms with Crippen molar-refractivity contribution in [3.63, 3.8) is 0 Å². The van der Waals surface area contributed by atoms with Gasteiger partial charge in [-0.15, -0.1) is 0 Å². The molecule has 0 radical (unpaired) electrons. The van der Waals surface area contributed by atoms with Crippen molar-refractivity contribution in [3.8, 4) is 0 Å². The second-order valence-corrected chi connectivity index (χ2v) is 4.88. The lowest BCUT2D eigenvalue weighted by molar-refractivity contribution is -0.0716. The molecule has 1 saturated heterocycles. The highest BCUT2D eigenvalue weighted by Gasteiger charge is 2.42. The van der Waals surface area contributed by atoms with Crippen molar-refractivity contribution in [2.24, 2.45) is 0 Å². The van der Waals surface area contributed by atoms with E-state index in [0.29, 0.717) is 6.61 Å². The molecule has 0 amide bonds. The molecule has 0 unspecified atom stereocenters. The van der Waals surface area contributed by atoms with Crippen molar-refractivity contribution in [2.45, 2.75) is 45.2 Å². The van der Waals surface area contributed by atoms with Gasteiger partial charge in [-0.05, 0) is 27.7 Å². The van der Waals surface area contributed by atoms with Crippen LogP contribution in [0.3, 0.4) is 0 Å². The third-order valence-corrected chi connectivity index (χ3v) is 2.57. The first-order valence-corrected chi connectivity index (χ1v) is 4.97. The highest BCUT2D eigenvalue weighted by molar-refractivity contribution is 4.90. The molecule has 84 valence electrons. The minimum atomic E-state index is -2.72. The molecule has 2 nitrogen and oxygen atoms in total. The molecule has 0 aromatic rings. The van der Waals surface area contributed by atoms with Crippen LogP contribution in [0, 0.1) is 0 Å². The quantitative estimate of drug-likeness (QED) is 0.653. The van der Waals surface area contributed by atoms with Gasteiger partial charge in [0.25, 0.3) is 5.92 Å². The molecule has 0 aliphatic carbocycles. The van der Waals surface area contributed by atoms with Gasteiger partial charge in [0, 0.05) is 11.6 Å². The van der Waals surface area contributed by atoms with Crippen LogP contribution in [0.15, 0.2) is 0 Å². The van der Waals surface area contributed by atoms with Gasteiger partial charge in [0.2, 0.25) is 0 Å². The molecule has 1 aliphatic rings. The minimum Gasteiger partial charge on any atom is -0.373 e.